The van der Waals surface area contributed by atoms with E-state index < -0.39 is 0 Å². The zero-order chi connectivity index (χ0) is 9.97. The quantitative estimate of drug-likeness (QED) is 0.658. The fourth-order valence-corrected chi connectivity index (χ4v) is 1.43. The van der Waals surface area contributed by atoms with E-state index in [1.54, 1.807) is 12.3 Å². The van der Waals surface area contributed by atoms with Crippen LogP contribution in [0.4, 0.5) is 0 Å². The zero-order valence-corrected chi connectivity index (χ0v) is 7.60. The van der Waals surface area contributed by atoms with Gasteiger partial charge >= 0.3 is 0 Å². The molecule has 0 bridgehead atoms. The maximum atomic E-state index is 11.0. The summed E-state index contributed by atoms with van der Waals surface area (Å²) in [4.78, 5) is 15.2. The molecule has 0 aromatic carbocycles. The predicted molar refractivity (Wildman–Crippen MR) is 55.7 cm³/mol. The van der Waals surface area contributed by atoms with Gasteiger partial charge in [-0.25, -0.2) is 0 Å². The molecule has 70 valence electrons. The SMILES string of the molecule is NC(=O)C1=CC=C2N=CC=CC=C2C1. The lowest BCUT2D eigenvalue weighted by Crippen LogP contribution is -2.16. The van der Waals surface area contributed by atoms with Crippen LogP contribution in [0.2, 0.25) is 0 Å². The highest BCUT2D eigenvalue weighted by molar-refractivity contribution is 5.93. The number of hydrogen-bond acceptors (Lipinski definition) is 2. The minimum Gasteiger partial charge on any atom is -0.366 e. The molecule has 0 radical (unpaired) electrons. The van der Waals surface area contributed by atoms with Crippen LogP contribution in [0.3, 0.4) is 0 Å². The highest BCUT2D eigenvalue weighted by Crippen LogP contribution is 2.25. The summed E-state index contributed by atoms with van der Waals surface area (Å²) in [6, 6.07) is 0. The molecule has 0 fully saturated rings. The Bertz CT molecular complexity index is 423. The second-order valence-corrected chi connectivity index (χ2v) is 3.14. The largest absolute Gasteiger partial charge is 0.366 e. The van der Waals surface area contributed by atoms with Crippen LogP contribution in [0.5, 0.6) is 0 Å². The fourth-order valence-electron chi connectivity index (χ4n) is 1.43. The van der Waals surface area contributed by atoms with Crippen molar-refractivity contribution in [2.75, 3.05) is 0 Å². The molecule has 3 heteroatoms. The lowest BCUT2D eigenvalue weighted by molar-refractivity contribution is -0.114. The van der Waals surface area contributed by atoms with Crippen molar-refractivity contribution in [3.8, 4) is 0 Å². The Kier molecular flexibility index (Phi) is 2.14. The molecule has 0 spiro atoms. The smallest absolute Gasteiger partial charge is 0.244 e. The van der Waals surface area contributed by atoms with Crippen LogP contribution in [0.15, 0.2) is 52.2 Å². The van der Waals surface area contributed by atoms with Crippen molar-refractivity contribution >= 4 is 12.1 Å². The van der Waals surface area contributed by atoms with Gasteiger partial charge in [0.1, 0.15) is 0 Å². The van der Waals surface area contributed by atoms with Crippen LogP contribution < -0.4 is 5.73 Å². The summed E-state index contributed by atoms with van der Waals surface area (Å²) in [5, 5.41) is 0. The van der Waals surface area contributed by atoms with Crippen molar-refractivity contribution in [2.45, 2.75) is 6.42 Å². The number of amides is 1. The Morgan fingerprint density at radius 1 is 1.29 bits per heavy atom. The Morgan fingerprint density at radius 3 is 2.93 bits per heavy atom. The van der Waals surface area contributed by atoms with E-state index in [1.807, 2.05) is 24.3 Å². The fraction of sp³-hybridized carbons (Fsp3) is 0.0909. The summed E-state index contributed by atoms with van der Waals surface area (Å²) in [5.41, 5.74) is 7.77. The van der Waals surface area contributed by atoms with Gasteiger partial charge in [-0.2, -0.15) is 0 Å². The van der Waals surface area contributed by atoms with E-state index >= 15 is 0 Å². The topological polar surface area (TPSA) is 55.5 Å². The van der Waals surface area contributed by atoms with Crippen LogP contribution in [-0.2, 0) is 4.79 Å². The summed E-state index contributed by atoms with van der Waals surface area (Å²) in [6.45, 7) is 0. The van der Waals surface area contributed by atoms with Crippen LogP contribution in [0.25, 0.3) is 0 Å². The maximum Gasteiger partial charge on any atom is 0.244 e. The van der Waals surface area contributed by atoms with Crippen molar-refractivity contribution < 1.29 is 4.79 Å². The molecule has 1 heterocycles. The molecule has 2 aliphatic rings. The molecule has 1 amide bonds. The maximum absolute atomic E-state index is 11.0. The standard InChI is InChI=1S/C11H10N2O/c12-11(14)9-4-5-10-8(7-9)3-1-2-6-13-10/h1-6H,7H2,(H2,12,14). The van der Waals surface area contributed by atoms with E-state index in [4.69, 9.17) is 5.73 Å². The van der Waals surface area contributed by atoms with Gasteiger partial charge in [0.05, 0.1) is 5.70 Å². The molecule has 2 rings (SSSR count). The molecule has 0 atom stereocenters. The average molecular weight is 186 g/mol. The van der Waals surface area contributed by atoms with Gasteiger partial charge in [-0.05, 0) is 17.7 Å². The number of aliphatic imine (C=N–C) groups is 1. The summed E-state index contributed by atoms with van der Waals surface area (Å²) in [5.74, 6) is -0.363. The number of rotatable bonds is 1. The summed E-state index contributed by atoms with van der Waals surface area (Å²) >= 11 is 0. The molecular formula is C11H10N2O. The molecule has 1 aliphatic heterocycles. The lowest BCUT2D eigenvalue weighted by atomic mass is 9.96. The lowest BCUT2D eigenvalue weighted by Gasteiger charge is -2.12. The van der Waals surface area contributed by atoms with Crippen LogP contribution in [0, 0.1) is 0 Å². The van der Waals surface area contributed by atoms with E-state index in [9.17, 15) is 4.79 Å². The summed E-state index contributed by atoms with van der Waals surface area (Å²) in [6.07, 6.45) is 11.6. The number of carbonyl (C=O) groups excluding carboxylic acids is 1. The van der Waals surface area contributed by atoms with Gasteiger partial charge in [0.2, 0.25) is 5.91 Å². The van der Waals surface area contributed by atoms with E-state index in [2.05, 4.69) is 4.99 Å². The normalized spacial score (nSPS) is 19.0. The third-order valence-corrected chi connectivity index (χ3v) is 2.18. The van der Waals surface area contributed by atoms with Gasteiger partial charge in [-0.15, -0.1) is 0 Å². The molecule has 0 aromatic heterocycles. The van der Waals surface area contributed by atoms with Gasteiger partial charge < -0.3 is 5.73 Å². The van der Waals surface area contributed by atoms with Crippen molar-refractivity contribution in [2.24, 2.45) is 10.7 Å². The number of fused-ring (bicyclic) bond motifs is 1. The van der Waals surface area contributed by atoms with Crippen molar-refractivity contribution in [3.63, 3.8) is 0 Å². The molecule has 2 N–H and O–H groups in total. The highest BCUT2D eigenvalue weighted by atomic mass is 16.1. The molecule has 3 nitrogen and oxygen atoms in total. The molecule has 0 aromatic rings. The van der Waals surface area contributed by atoms with Gasteiger partial charge in [0, 0.05) is 18.2 Å². The molecule has 0 saturated carbocycles. The molecule has 0 unspecified atom stereocenters. The van der Waals surface area contributed by atoms with Crippen molar-refractivity contribution in [3.05, 3.63) is 47.2 Å². The number of carbonyl (C=O) groups is 1. The van der Waals surface area contributed by atoms with E-state index in [0.717, 1.165) is 11.3 Å². The summed E-state index contributed by atoms with van der Waals surface area (Å²) < 4.78 is 0. The average Bonchev–Trinajstić information content (AvgIpc) is 2.41. The van der Waals surface area contributed by atoms with Crippen molar-refractivity contribution in [1.82, 2.24) is 0 Å². The first kappa shape index (κ1) is 8.69. The number of primary amides is 1. The number of allylic oxidation sites excluding steroid dienone is 6. The third-order valence-electron chi connectivity index (χ3n) is 2.18. The number of hydrogen-bond donors (Lipinski definition) is 1. The number of nitrogens with zero attached hydrogens (tertiary/aromatic N) is 1. The predicted octanol–water partition coefficient (Wildman–Crippen LogP) is 1.25. The Labute approximate surface area is 82.0 Å². The van der Waals surface area contributed by atoms with Gasteiger partial charge in [-0.1, -0.05) is 18.2 Å². The zero-order valence-electron chi connectivity index (χ0n) is 7.60. The first-order valence-corrected chi connectivity index (χ1v) is 4.38. The molecule has 14 heavy (non-hydrogen) atoms. The Hall–Kier alpha value is -1.90. The van der Waals surface area contributed by atoms with Crippen LogP contribution >= 0.6 is 0 Å². The van der Waals surface area contributed by atoms with Gasteiger partial charge in [0.25, 0.3) is 0 Å². The first-order valence-electron chi connectivity index (χ1n) is 4.38. The second kappa shape index (κ2) is 3.46. The molecular weight excluding hydrogens is 176 g/mol. The Balaban J connectivity index is 2.38. The molecule has 0 saturated heterocycles. The van der Waals surface area contributed by atoms with E-state index in [0.29, 0.717) is 12.0 Å². The van der Waals surface area contributed by atoms with Gasteiger partial charge in [-0.3, -0.25) is 9.79 Å². The second-order valence-electron chi connectivity index (χ2n) is 3.14. The van der Waals surface area contributed by atoms with Crippen LogP contribution in [0.1, 0.15) is 6.42 Å². The molecule has 1 aliphatic carbocycles. The van der Waals surface area contributed by atoms with Gasteiger partial charge in [0.15, 0.2) is 0 Å². The van der Waals surface area contributed by atoms with E-state index in [1.165, 1.54) is 0 Å². The highest BCUT2D eigenvalue weighted by Gasteiger charge is 2.14. The van der Waals surface area contributed by atoms with Crippen molar-refractivity contribution in [1.29, 1.82) is 0 Å². The minimum absolute atomic E-state index is 0.363. The number of nitrogens with two attached hydrogens (primary N) is 1. The Morgan fingerprint density at radius 2 is 2.14 bits per heavy atom. The minimum atomic E-state index is -0.363. The monoisotopic (exact) mass is 186 g/mol. The third kappa shape index (κ3) is 1.57. The summed E-state index contributed by atoms with van der Waals surface area (Å²) in [7, 11) is 0. The first-order chi connectivity index (χ1) is 6.77. The van der Waals surface area contributed by atoms with E-state index in [-0.39, 0.29) is 5.91 Å². The van der Waals surface area contributed by atoms with Crippen LogP contribution in [-0.4, -0.2) is 12.1 Å².